The third-order valence-corrected chi connectivity index (χ3v) is 2.40. The Bertz CT molecular complexity index is 280. The van der Waals surface area contributed by atoms with E-state index in [-0.39, 0.29) is 12.4 Å². The standard InChI is InChI=1S/C10H16O5/c1-5-15-9(14)7(8(12)13)10(3,4)6(2)11/h7H,5H2,1-4H3,(H,12,13). The predicted molar refractivity (Wildman–Crippen MR) is 52.2 cm³/mol. The average molecular weight is 216 g/mol. The van der Waals surface area contributed by atoms with Gasteiger partial charge in [0.1, 0.15) is 5.78 Å². The van der Waals surface area contributed by atoms with Crippen molar-refractivity contribution in [3.05, 3.63) is 0 Å². The largest absolute Gasteiger partial charge is 0.481 e. The maximum Gasteiger partial charge on any atom is 0.321 e. The van der Waals surface area contributed by atoms with Crippen molar-refractivity contribution in [2.24, 2.45) is 11.3 Å². The SMILES string of the molecule is CCOC(=O)C(C(=O)O)C(C)(C)C(C)=O. The van der Waals surface area contributed by atoms with Crippen LogP contribution in [-0.2, 0) is 19.1 Å². The van der Waals surface area contributed by atoms with E-state index < -0.39 is 23.3 Å². The summed E-state index contributed by atoms with van der Waals surface area (Å²) in [5.74, 6) is -4.02. The van der Waals surface area contributed by atoms with Gasteiger partial charge in [-0.3, -0.25) is 14.4 Å². The van der Waals surface area contributed by atoms with Gasteiger partial charge in [-0.15, -0.1) is 0 Å². The monoisotopic (exact) mass is 216 g/mol. The Morgan fingerprint density at radius 3 is 2.07 bits per heavy atom. The fourth-order valence-corrected chi connectivity index (χ4v) is 1.13. The van der Waals surface area contributed by atoms with Gasteiger partial charge < -0.3 is 9.84 Å². The maximum atomic E-state index is 11.4. The van der Waals surface area contributed by atoms with Crippen LogP contribution in [0.2, 0.25) is 0 Å². The third kappa shape index (κ3) is 3.04. The van der Waals surface area contributed by atoms with Gasteiger partial charge in [0.2, 0.25) is 0 Å². The highest BCUT2D eigenvalue weighted by atomic mass is 16.5. The maximum absolute atomic E-state index is 11.4. The molecule has 0 heterocycles. The highest BCUT2D eigenvalue weighted by Crippen LogP contribution is 2.29. The second-order valence-electron chi connectivity index (χ2n) is 3.80. The summed E-state index contributed by atoms with van der Waals surface area (Å²) in [5, 5.41) is 8.90. The lowest BCUT2D eigenvalue weighted by atomic mass is 9.76. The van der Waals surface area contributed by atoms with Crippen LogP contribution in [-0.4, -0.2) is 29.4 Å². The van der Waals surface area contributed by atoms with Crippen molar-refractivity contribution >= 4 is 17.7 Å². The minimum absolute atomic E-state index is 0.0938. The van der Waals surface area contributed by atoms with Gasteiger partial charge in [-0.2, -0.15) is 0 Å². The van der Waals surface area contributed by atoms with Gasteiger partial charge in [0.15, 0.2) is 5.92 Å². The van der Waals surface area contributed by atoms with Gasteiger partial charge in [-0.25, -0.2) is 0 Å². The molecular formula is C10H16O5. The molecule has 86 valence electrons. The molecule has 0 aromatic heterocycles. The lowest BCUT2D eigenvalue weighted by molar-refractivity contribution is -0.166. The summed E-state index contributed by atoms with van der Waals surface area (Å²) in [6, 6.07) is 0. The fourth-order valence-electron chi connectivity index (χ4n) is 1.13. The zero-order valence-electron chi connectivity index (χ0n) is 9.36. The molecule has 1 unspecified atom stereocenters. The first-order chi connectivity index (χ1) is 6.75. The lowest BCUT2D eigenvalue weighted by Crippen LogP contribution is -2.42. The topological polar surface area (TPSA) is 80.7 Å². The third-order valence-electron chi connectivity index (χ3n) is 2.40. The highest BCUT2D eigenvalue weighted by Gasteiger charge is 2.45. The summed E-state index contributed by atoms with van der Waals surface area (Å²) in [7, 11) is 0. The molecule has 0 bridgehead atoms. The van der Waals surface area contributed by atoms with Gasteiger partial charge in [0.05, 0.1) is 6.61 Å². The van der Waals surface area contributed by atoms with Crippen molar-refractivity contribution in [2.45, 2.75) is 27.7 Å². The fraction of sp³-hybridized carbons (Fsp3) is 0.700. The lowest BCUT2D eigenvalue weighted by Gasteiger charge is -2.26. The molecular weight excluding hydrogens is 200 g/mol. The van der Waals surface area contributed by atoms with Crippen LogP contribution in [0.1, 0.15) is 27.7 Å². The summed E-state index contributed by atoms with van der Waals surface area (Å²) in [6.07, 6.45) is 0. The van der Waals surface area contributed by atoms with E-state index in [4.69, 9.17) is 5.11 Å². The van der Waals surface area contributed by atoms with Gasteiger partial charge in [0.25, 0.3) is 0 Å². The summed E-state index contributed by atoms with van der Waals surface area (Å²) in [5.41, 5.74) is -1.25. The molecule has 0 spiro atoms. The Morgan fingerprint density at radius 2 is 1.80 bits per heavy atom. The smallest absolute Gasteiger partial charge is 0.321 e. The van der Waals surface area contributed by atoms with Gasteiger partial charge in [0, 0.05) is 5.41 Å². The molecule has 0 amide bonds. The van der Waals surface area contributed by atoms with Crippen LogP contribution in [0.4, 0.5) is 0 Å². The van der Waals surface area contributed by atoms with Crippen molar-refractivity contribution < 1.29 is 24.2 Å². The second kappa shape index (κ2) is 4.91. The number of esters is 1. The summed E-state index contributed by atoms with van der Waals surface area (Å²) >= 11 is 0. The number of carbonyl (C=O) groups excluding carboxylic acids is 2. The number of aliphatic carboxylic acids is 1. The molecule has 5 heteroatoms. The molecule has 1 atom stereocenters. The average Bonchev–Trinajstić information content (AvgIpc) is 2.02. The molecule has 0 aliphatic carbocycles. The number of rotatable bonds is 5. The first-order valence-electron chi connectivity index (χ1n) is 4.65. The summed E-state index contributed by atoms with van der Waals surface area (Å²) in [6.45, 7) is 5.78. The van der Waals surface area contributed by atoms with Crippen LogP contribution in [0.25, 0.3) is 0 Å². The Hall–Kier alpha value is -1.39. The molecule has 5 nitrogen and oxygen atoms in total. The normalized spacial score (nSPS) is 13.1. The molecule has 0 aromatic carbocycles. The number of ketones is 1. The second-order valence-corrected chi connectivity index (χ2v) is 3.80. The van der Waals surface area contributed by atoms with Crippen molar-refractivity contribution in [1.29, 1.82) is 0 Å². The molecule has 0 aliphatic heterocycles. The van der Waals surface area contributed by atoms with Crippen LogP contribution >= 0.6 is 0 Å². The summed E-state index contributed by atoms with van der Waals surface area (Å²) < 4.78 is 4.63. The number of Topliss-reactive ketones (excluding diaryl/α,β-unsaturated/α-hetero) is 1. The minimum Gasteiger partial charge on any atom is -0.481 e. The predicted octanol–water partition coefficient (Wildman–Crippen LogP) is 0.865. The molecule has 0 rings (SSSR count). The van der Waals surface area contributed by atoms with E-state index in [0.29, 0.717) is 0 Å². The van der Waals surface area contributed by atoms with Crippen molar-refractivity contribution in [3.8, 4) is 0 Å². The molecule has 0 saturated heterocycles. The number of hydrogen-bond donors (Lipinski definition) is 1. The quantitative estimate of drug-likeness (QED) is 0.544. The molecule has 0 saturated carbocycles. The van der Waals surface area contributed by atoms with Crippen molar-refractivity contribution in [1.82, 2.24) is 0 Å². The first-order valence-corrected chi connectivity index (χ1v) is 4.65. The summed E-state index contributed by atoms with van der Waals surface area (Å²) in [4.78, 5) is 33.5. The van der Waals surface area contributed by atoms with Crippen LogP contribution in [0.15, 0.2) is 0 Å². The van der Waals surface area contributed by atoms with E-state index in [0.717, 1.165) is 0 Å². The highest BCUT2D eigenvalue weighted by molar-refractivity contribution is 6.00. The minimum atomic E-state index is -1.45. The molecule has 0 aromatic rings. The van der Waals surface area contributed by atoms with Crippen LogP contribution in [0, 0.1) is 11.3 Å². The Kier molecular flexibility index (Phi) is 4.45. The number of carboxylic acid groups (broad SMARTS) is 1. The van der Waals surface area contributed by atoms with E-state index in [9.17, 15) is 14.4 Å². The van der Waals surface area contributed by atoms with E-state index in [1.54, 1.807) is 6.92 Å². The molecule has 1 N–H and O–H groups in total. The van der Waals surface area contributed by atoms with E-state index in [1.165, 1.54) is 20.8 Å². The first kappa shape index (κ1) is 13.6. The van der Waals surface area contributed by atoms with Gasteiger partial charge in [-0.1, -0.05) is 13.8 Å². The number of carbonyl (C=O) groups is 3. The van der Waals surface area contributed by atoms with Crippen molar-refractivity contribution in [3.63, 3.8) is 0 Å². The van der Waals surface area contributed by atoms with Gasteiger partial charge in [-0.05, 0) is 13.8 Å². The van der Waals surface area contributed by atoms with E-state index in [2.05, 4.69) is 4.74 Å². The van der Waals surface area contributed by atoms with Crippen LogP contribution in [0.3, 0.4) is 0 Å². The zero-order chi connectivity index (χ0) is 12.2. The number of hydrogen-bond acceptors (Lipinski definition) is 4. The molecule has 0 fully saturated rings. The molecule has 15 heavy (non-hydrogen) atoms. The Balaban J connectivity index is 5.06. The molecule has 0 radical (unpaired) electrons. The Labute approximate surface area is 88.4 Å². The number of carboxylic acids is 1. The van der Waals surface area contributed by atoms with E-state index >= 15 is 0 Å². The van der Waals surface area contributed by atoms with Gasteiger partial charge >= 0.3 is 11.9 Å². The van der Waals surface area contributed by atoms with E-state index in [1.807, 2.05) is 0 Å². The number of ether oxygens (including phenoxy) is 1. The van der Waals surface area contributed by atoms with Crippen LogP contribution in [0.5, 0.6) is 0 Å². The zero-order valence-corrected chi connectivity index (χ0v) is 9.36. The van der Waals surface area contributed by atoms with Crippen molar-refractivity contribution in [2.75, 3.05) is 6.61 Å². The van der Waals surface area contributed by atoms with Crippen LogP contribution < -0.4 is 0 Å². The molecule has 0 aliphatic rings. The Morgan fingerprint density at radius 1 is 1.33 bits per heavy atom.